The Morgan fingerprint density at radius 2 is 0.607 bits per heavy atom. The van der Waals surface area contributed by atoms with Crippen LogP contribution in [0.2, 0.25) is 0 Å². The molecule has 150 heavy (non-hydrogen) atoms. The highest BCUT2D eigenvalue weighted by Crippen LogP contribution is 2.62. The molecule has 0 spiro atoms. The Morgan fingerprint density at radius 3 is 0.853 bits per heavy atom. The molecular weight excluding hydrogens is 2030 g/mol. The summed E-state index contributed by atoms with van der Waals surface area (Å²) in [5, 5.41) is 22.1. The van der Waals surface area contributed by atoms with Gasteiger partial charge in [0, 0.05) is 127 Å². The molecule has 0 aromatic carbocycles. The van der Waals surface area contributed by atoms with E-state index in [0.29, 0.717) is 73.8 Å². The first kappa shape index (κ1) is 104. The SMILES string of the molecule is CC1(C)C[C@@H]2CCC(c3cncnc3)Nc3cccc(n3)S(=O)(=O)NC(=O)c3ccc(-n4ccc(OCCC5(C(F)(F)F)CC5)n4)nc3N1C2.CC1(C)C[C@@H]2CCC(c3cncnc3)Nc3cccc(n3)S(=O)(=O)NC(=O)c3ccc(-n4ccc(OCCC5(C(F)(F)F)CC5)n4)nc3N1C2.CC1(C)C[C@@H]2CCC(c3cncnc3)Nc3cccc(n3)S(=O)(=O)NC(=O)c3ccc(-n4ccc(OCCC5(C(F)(F)F)CC5)n4)nc3N1C2. The van der Waals surface area contributed by atoms with Gasteiger partial charge < -0.3 is 44.9 Å². The van der Waals surface area contributed by atoms with Crippen molar-refractivity contribution in [2.45, 2.75) is 225 Å². The van der Waals surface area contributed by atoms with Crippen molar-refractivity contribution in [1.29, 1.82) is 0 Å². The zero-order valence-corrected chi connectivity index (χ0v) is 84.6. The van der Waals surface area contributed by atoms with E-state index < -0.39 is 99.2 Å². The third kappa shape index (κ3) is 22.7. The highest BCUT2D eigenvalue weighted by Gasteiger charge is 2.65. The summed E-state index contributed by atoms with van der Waals surface area (Å²) >= 11 is 0. The fraction of sp³-hybridized carbons (Fsp3) is 0.455. The maximum absolute atomic E-state index is 13.8. The summed E-state index contributed by atoms with van der Waals surface area (Å²) in [6.07, 6.45) is 13.2. The van der Waals surface area contributed by atoms with Crippen molar-refractivity contribution < 1.29 is 93.4 Å². The zero-order chi connectivity index (χ0) is 106. The Bertz CT molecular complexity index is 6690. The van der Waals surface area contributed by atoms with Gasteiger partial charge in [-0.3, -0.25) is 14.4 Å². The number of sulfonamides is 3. The summed E-state index contributed by atoms with van der Waals surface area (Å²) in [5.74, 6) is 1.000. The molecule has 3 unspecified atom stereocenters. The summed E-state index contributed by atoms with van der Waals surface area (Å²) in [4.78, 5) is 99.8. The first-order valence-electron chi connectivity index (χ1n) is 49.0. The quantitative estimate of drug-likeness (QED) is 0.0434. The van der Waals surface area contributed by atoms with E-state index in [9.17, 15) is 79.2 Å². The minimum Gasteiger partial charge on any atom is -0.477 e. The van der Waals surface area contributed by atoms with Gasteiger partial charge in [0.1, 0.15) is 53.9 Å². The Balaban J connectivity index is 0.000000141. The number of halogens is 9. The molecule has 21 rings (SSSR count). The van der Waals surface area contributed by atoms with Crippen molar-refractivity contribution in [3.05, 3.63) is 217 Å². The molecule has 6 aliphatic heterocycles. The molecule has 6 N–H and O–H groups in total. The number of aromatic nitrogens is 18. The van der Waals surface area contributed by atoms with Crippen LogP contribution in [0.15, 0.2) is 199 Å². The number of pyridine rings is 6. The number of ether oxygens (including phenoxy) is 3. The first-order valence-corrected chi connectivity index (χ1v) is 53.4. The molecule has 792 valence electrons. The summed E-state index contributed by atoms with van der Waals surface area (Å²) in [6, 6.07) is 26.4. The molecular formula is C99H108F9N27O12S3. The van der Waals surface area contributed by atoms with Crippen LogP contribution in [-0.4, -0.2) is 207 Å². The van der Waals surface area contributed by atoms with Crippen molar-refractivity contribution in [3.63, 3.8) is 0 Å². The van der Waals surface area contributed by atoms with Gasteiger partial charge in [-0.1, -0.05) is 18.2 Å². The molecule has 3 saturated heterocycles. The van der Waals surface area contributed by atoms with Gasteiger partial charge in [-0.05, 0) is 248 Å². The molecule has 12 bridgehead atoms. The minimum absolute atomic E-state index is 0.0417. The number of fused-ring (bicyclic) bond motifs is 18. The second-order valence-corrected chi connectivity index (χ2v) is 46.1. The Hall–Kier alpha value is -14.4. The highest BCUT2D eigenvalue weighted by molar-refractivity contribution is 7.90. The van der Waals surface area contributed by atoms with Crippen LogP contribution in [0.5, 0.6) is 17.6 Å². The average molecular weight is 2140 g/mol. The van der Waals surface area contributed by atoms with Crippen molar-refractivity contribution in [1.82, 2.24) is 103 Å². The summed E-state index contributed by atoms with van der Waals surface area (Å²) in [5.41, 5.74) is -3.87. The number of amides is 3. The number of nitrogens with zero attached hydrogens (tertiary/aromatic N) is 21. The maximum atomic E-state index is 13.8. The molecule has 18 heterocycles. The summed E-state index contributed by atoms with van der Waals surface area (Å²) in [7, 11) is -13.2. The molecule has 0 radical (unpaired) electrons. The largest absolute Gasteiger partial charge is 0.477 e. The van der Waals surface area contributed by atoms with E-state index in [0.717, 1.165) is 55.2 Å². The molecule has 6 atom stereocenters. The number of anilines is 6. The standard InChI is InChI=1S/3C33H36F3N9O4S/c3*1-31(2)16-21-6-8-24(22-17-37-20-38-18-22)39-25-4-3-5-28(40-25)50(47,48)43-30(46)23-7-9-26(41-29(23)44(31)19-21)45-14-10-27(42-45)49-15-13-32(11-12-32)33(34,35)36/h3*3-5,7,9-10,14,17-18,20-21,24H,6,8,11-13,15-16,19H2,1-2H3,(H,39,40)(H,43,46)/t3*21-,24?/m000/s1. The van der Waals surface area contributed by atoms with Crippen LogP contribution in [0.25, 0.3) is 17.5 Å². The summed E-state index contributed by atoms with van der Waals surface area (Å²) < 4.78 is 229. The Labute approximate surface area is 856 Å². The van der Waals surface area contributed by atoms with E-state index in [1.165, 1.54) is 106 Å². The highest BCUT2D eigenvalue weighted by atomic mass is 32.2. The van der Waals surface area contributed by atoms with Crippen LogP contribution in [0, 0.1) is 34.0 Å². The van der Waals surface area contributed by atoms with Crippen molar-refractivity contribution in [3.8, 4) is 35.1 Å². The van der Waals surface area contributed by atoms with E-state index in [4.69, 9.17) is 29.2 Å². The lowest BCUT2D eigenvalue weighted by Crippen LogP contribution is -2.41. The van der Waals surface area contributed by atoms with Crippen LogP contribution in [0.3, 0.4) is 0 Å². The number of hydrogen-bond donors (Lipinski definition) is 6. The van der Waals surface area contributed by atoms with E-state index in [-0.39, 0.29) is 180 Å². The van der Waals surface area contributed by atoms with Crippen molar-refractivity contribution in [2.24, 2.45) is 34.0 Å². The Morgan fingerprint density at radius 1 is 0.347 bits per heavy atom. The fourth-order valence-corrected chi connectivity index (χ4v) is 23.4. The molecule has 3 amide bonds. The molecule has 9 aliphatic rings. The van der Waals surface area contributed by atoms with E-state index in [2.05, 4.69) is 90.3 Å². The van der Waals surface area contributed by atoms with Gasteiger partial charge in [0.15, 0.2) is 32.5 Å². The van der Waals surface area contributed by atoms with Crippen LogP contribution in [-0.2, 0) is 30.1 Å². The normalized spacial score (nSPS) is 22.3. The van der Waals surface area contributed by atoms with Crippen LogP contribution in [0.1, 0.15) is 223 Å². The molecule has 3 saturated carbocycles. The van der Waals surface area contributed by atoms with Gasteiger partial charge in [0.25, 0.3) is 47.8 Å². The monoisotopic (exact) mass is 2130 g/mol. The van der Waals surface area contributed by atoms with E-state index in [1.807, 2.05) is 56.2 Å². The second kappa shape index (κ2) is 40.5. The molecule has 12 aromatic heterocycles. The average Bonchev–Trinajstić information content (AvgIpc) is 1.61. The smallest absolute Gasteiger partial charge is 0.394 e. The minimum atomic E-state index is -4.41. The van der Waals surface area contributed by atoms with Crippen LogP contribution in [0.4, 0.5) is 74.4 Å². The number of carbonyl (C=O) groups is 3. The predicted molar refractivity (Wildman–Crippen MR) is 526 cm³/mol. The number of hydrogen-bond acceptors (Lipinski definition) is 33. The van der Waals surface area contributed by atoms with Crippen LogP contribution < -0.4 is 59.0 Å². The lowest BCUT2D eigenvalue weighted by Gasteiger charge is -2.34. The van der Waals surface area contributed by atoms with Crippen molar-refractivity contribution >= 4 is 82.7 Å². The lowest BCUT2D eigenvalue weighted by atomic mass is 9.91. The van der Waals surface area contributed by atoms with Gasteiger partial charge in [0.05, 0.1) is 70.9 Å². The Kier molecular flexibility index (Phi) is 28.1. The van der Waals surface area contributed by atoms with Crippen molar-refractivity contribution in [2.75, 3.05) is 70.1 Å². The van der Waals surface area contributed by atoms with Crippen LogP contribution >= 0.6 is 0 Å². The lowest BCUT2D eigenvalue weighted by molar-refractivity contribution is -0.190. The third-order valence-electron chi connectivity index (χ3n) is 29.4. The molecule has 12 aromatic rings. The van der Waals surface area contributed by atoms with Gasteiger partial charge in [-0.15, -0.1) is 15.3 Å². The molecule has 39 nitrogen and oxygen atoms in total. The second-order valence-electron chi connectivity index (χ2n) is 41.3. The maximum Gasteiger partial charge on any atom is 0.394 e. The predicted octanol–water partition coefficient (Wildman–Crippen LogP) is 15.7. The first-order chi connectivity index (χ1) is 71.2. The zero-order valence-electron chi connectivity index (χ0n) is 82.2. The van der Waals surface area contributed by atoms with Gasteiger partial charge >= 0.3 is 18.5 Å². The number of carbonyl (C=O) groups excluding carboxylic acids is 3. The molecule has 51 heteroatoms. The topological polar surface area (TPSA) is 471 Å². The number of nitrogens with one attached hydrogen (secondary N) is 6. The third-order valence-corrected chi connectivity index (χ3v) is 33.1. The number of alkyl halides is 9. The van der Waals surface area contributed by atoms with Gasteiger partial charge in [-0.2, -0.15) is 64.8 Å². The van der Waals surface area contributed by atoms with E-state index in [1.54, 1.807) is 92.2 Å². The van der Waals surface area contributed by atoms with E-state index >= 15 is 0 Å². The summed E-state index contributed by atoms with van der Waals surface area (Å²) in [6.45, 7) is 13.5. The van der Waals surface area contributed by atoms with Gasteiger partial charge in [-0.25, -0.2) is 88.0 Å². The molecule has 6 fully saturated rings. The van der Waals surface area contributed by atoms with Gasteiger partial charge in [0.2, 0.25) is 17.6 Å². The molecule has 3 aliphatic carbocycles. The number of rotatable bonds is 18. The fourth-order valence-electron chi connectivity index (χ4n) is 20.6.